The Bertz CT molecular complexity index is 8340. The number of fused-ring (bicyclic) bond motifs is 12. The van der Waals surface area contributed by atoms with Crippen LogP contribution >= 0.6 is 0 Å². The summed E-state index contributed by atoms with van der Waals surface area (Å²) in [6.07, 6.45) is 15.0. The monoisotopic (exact) mass is 1580 g/mol. The molecule has 578 valence electrons. The molecule has 0 saturated carbocycles. The lowest BCUT2D eigenvalue weighted by molar-refractivity contribution is 1.10. The van der Waals surface area contributed by atoms with Crippen LogP contribution in [0.5, 0.6) is 0 Å². The van der Waals surface area contributed by atoms with Crippen LogP contribution in [0.2, 0.25) is 0 Å². The van der Waals surface area contributed by atoms with Crippen LogP contribution in [-0.4, -0.2) is 48.2 Å². The van der Waals surface area contributed by atoms with E-state index in [2.05, 4.69) is 391 Å². The van der Waals surface area contributed by atoms with Crippen LogP contribution in [-0.2, 0) is 0 Å². The average molecular weight is 1580 g/mol. The SMILES string of the molecule is c1ccc(-n2c3ccc(-c4cccc(-c5ccc6c(c5)c5cc(-c7cc(-c8cc(-c9ccc%10c(c9)c9cccnc9n%10-c9cccc(-n%10c%11ccc(-c%12cccc(-c%13ccccn%13)c%12)cc%11c%11cccnc%11%10)c9)cc(-c9ccccn9)c8)ccc7-c7ccncc7)ccc5n6-c5ccccc5)c4)cc3c3cc(-c4ccccc4-c4ccncc4)ccc32)cc1. The molecule has 0 unspecified atom stereocenters. The van der Waals surface area contributed by atoms with Gasteiger partial charge in [-0.3, -0.25) is 29.1 Å². The second kappa shape index (κ2) is 29.6. The van der Waals surface area contributed by atoms with Gasteiger partial charge >= 0.3 is 0 Å². The predicted octanol–water partition coefficient (Wildman–Crippen LogP) is 28.8. The summed E-state index contributed by atoms with van der Waals surface area (Å²) in [5, 5.41) is 9.04. The fourth-order valence-corrected chi connectivity index (χ4v) is 19.0. The van der Waals surface area contributed by atoms with Gasteiger partial charge in [-0.05, 0) is 325 Å². The lowest BCUT2D eigenvalue weighted by atomic mass is 9.89. The number of hydrogen-bond acceptors (Lipinski definition) is 6. The van der Waals surface area contributed by atoms with Crippen LogP contribution in [0.3, 0.4) is 0 Å². The molecule has 0 aliphatic carbocycles. The number of pyridine rings is 6. The molecule has 24 aromatic rings. The number of nitrogens with zero attached hydrogens (tertiary/aromatic N) is 10. The summed E-state index contributed by atoms with van der Waals surface area (Å²) in [4.78, 5) is 28.7. The molecule has 0 saturated heterocycles. The molecule has 0 N–H and O–H groups in total. The molecule has 10 heteroatoms. The molecule has 10 aromatic heterocycles. The largest absolute Gasteiger partial charge is 0.309 e. The van der Waals surface area contributed by atoms with Crippen LogP contribution in [0.15, 0.2) is 438 Å². The molecule has 0 bridgehead atoms. The van der Waals surface area contributed by atoms with Gasteiger partial charge in [0.1, 0.15) is 11.3 Å². The van der Waals surface area contributed by atoms with Gasteiger partial charge in [-0.1, -0.05) is 164 Å². The number of aromatic nitrogens is 10. The Hall–Kier alpha value is -16.8. The van der Waals surface area contributed by atoms with E-state index in [1.807, 2.05) is 79.9 Å². The number of hydrogen-bond donors (Lipinski definition) is 0. The molecule has 0 amide bonds. The number of benzene rings is 14. The van der Waals surface area contributed by atoms with Crippen molar-refractivity contribution in [3.63, 3.8) is 0 Å². The third kappa shape index (κ3) is 12.3. The third-order valence-corrected chi connectivity index (χ3v) is 24.8. The first-order valence-electron chi connectivity index (χ1n) is 41.9. The van der Waals surface area contributed by atoms with E-state index >= 15 is 0 Å². The van der Waals surface area contributed by atoms with Gasteiger partial charge in [-0.15, -0.1) is 0 Å². The smallest absolute Gasteiger partial charge is 0.145 e. The van der Waals surface area contributed by atoms with Gasteiger partial charge in [0.15, 0.2) is 0 Å². The van der Waals surface area contributed by atoms with Crippen molar-refractivity contribution in [1.82, 2.24) is 48.2 Å². The van der Waals surface area contributed by atoms with E-state index in [4.69, 9.17) is 15.0 Å². The molecular weight excluding hydrogens is 1510 g/mol. The first-order chi connectivity index (χ1) is 61.5. The van der Waals surface area contributed by atoms with Gasteiger partial charge in [0.25, 0.3) is 0 Å². The van der Waals surface area contributed by atoms with E-state index in [1.165, 1.54) is 21.9 Å². The number of para-hydroxylation sites is 2. The standard InChI is InChI=1S/C114H72N10/c1-3-22-89(23-4-1)121-107-42-35-79(67-101(107)103-70-83(39-46-109(103)121)94-29-8-7-28-93(94)73-48-56-115-57-49-73)75-18-13-19-76(60-75)80-36-43-108-102(68-80)104-71-84(40-47-110(104)122(108)90-24-5-2-6-25-90)98-65-81(34-41-95(98)74-50-58-116-59-51-74)86-62-87(64-88(63-86)106-33-10-12-53-118-106)82-38-45-112-100(69-82)97-31-17-55-120-114(97)124(112)92-27-15-26-91(72-92)123-111-44-37-78(66-99(111)96-30-16-54-119-113(96)123)77-20-14-21-85(61-77)105-32-9-11-52-117-105/h1-72H. The summed E-state index contributed by atoms with van der Waals surface area (Å²) in [5.74, 6) is 0. The van der Waals surface area contributed by atoms with Gasteiger partial charge < -0.3 is 9.13 Å². The maximum atomic E-state index is 5.16. The highest BCUT2D eigenvalue weighted by molar-refractivity contribution is 6.15. The maximum absolute atomic E-state index is 5.16. The molecule has 24 rings (SSSR count). The quantitative estimate of drug-likeness (QED) is 0.101. The Balaban J connectivity index is 0.608. The molecule has 0 radical (unpaired) electrons. The van der Waals surface area contributed by atoms with Crippen molar-refractivity contribution in [1.29, 1.82) is 0 Å². The molecule has 124 heavy (non-hydrogen) atoms. The highest BCUT2D eigenvalue weighted by Gasteiger charge is 2.24. The summed E-state index contributed by atoms with van der Waals surface area (Å²) in [7, 11) is 0. The first kappa shape index (κ1) is 71.3. The van der Waals surface area contributed by atoms with E-state index in [-0.39, 0.29) is 0 Å². The summed E-state index contributed by atoms with van der Waals surface area (Å²) >= 11 is 0. The molecule has 10 heterocycles. The topological polar surface area (TPSA) is 97.1 Å². The number of rotatable bonds is 15. The van der Waals surface area contributed by atoms with Crippen molar-refractivity contribution in [2.75, 3.05) is 0 Å². The average Bonchev–Trinajstić information content (AvgIpc) is 1.58. The minimum absolute atomic E-state index is 0.869. The fraction of sp³-hybridized carbons (Fsp3) is 0. The van der Waals surface area contributed by atoms with Crippen LogP contribution in [0.1, 0.15) is 0 Å². The molecule has 0 atom stereocenters. The Kier molecular flexibility index (Phi) is 17.0. The van der Waals surface area contributed by atoms with E-state index in [9.17, 15) is 0 Å². The fourth-order valence-electron chi connectivity index (χ4n) is 19.0. The Labute approximate surface area is 714 Å². The molecule has 0 aliphatic heterocycles. The van der Waals surface area contributed by atoms with Gasteiger partial charge in [0.05, 0.1) is 44.5 Å². The van der Waals surface area contributed by atoms with E-state index < -0.39 is 0 Å². The lowest BCUT2D eigenvalue weighted by Gasteiger charge is -2.16. The van der Waals surface area contributed by atoms with Gasteiger partial charge in [0, 0.05) is 127 Å². The summed E-state index contributed by atoms with van der Waals surface area (Å²) in [6, 6.07) is 141. The Morgan fingerprint density at radius 3 is 0.944 bits per heavy atom. The van der Waals surface area contributed by atoms with Crippen molar-refractivity contribution in [3.05, 3.63) is 438 Å². The Morgan fingerprint density at radius 1 is 0.145 bits per heavy atom. The zero-order valence-corrected chi connectivity index (χ0v) is 67.0. The molecule has 10 nitrogen and oxygen atoms in total. The van der Waals surface area contributed by atoms with E-state index in [1.54, 1.807) is 0 Å². The molecule has 0 fully saturated rings. The maximum Gasteiger partial charge on any atom is 0.145 e. The lowest BCUT2D eigenvalue weighted by Crippen LogP contribution is -2.00. The van der Waals surface area contributed by atoms with Gasteiger partial charge in [-0.2, -0.15) is 0 Å². The minimum Gasteiger partial charge on any atom is -0.309 e. The molecular formula is C114H72N10. The van der Waals surface area contributed by atoms with Crippen molar-refractivity contribution in [3.8, 4) is 145 Å². The second-order valence-electron chi connectivity index (χ2n) is 31.8. The zero-order chi connectivity index (χ0) is 81.7. The Morgan fingerprint density at radius 2 is 0.468 bits per heavy atom. The van der Waals surface area contributed by atoms with Crippen molar-refractivity contribution < 1.29 is 0 Å². The van der Waals surface area contributed by atoms with E-state index in [0.717, 1.165) is 211 Å². The highest BCUT2D eigenvalue weighted by Crippen LogP contribution is 2.47. The second-order valence-corrected chi connectivity index (χ2v) is 31.8. The zero-order valence-electron chi connectivity index (χ0n) is 67.0. The highest BCUT2D eigenvalue weighted by atomic mass is 15.1. The molecule has 14 aromatic carbocycles. The van der Waals surface area contributed by atoms with Crippen LogP contribution in [0.4, 0.5) is 0 Å². The normalized spacial score (nSPS) is 11.7. The third-order valence-electron chi connectivity index (χ3n) is 24.8. The van der Waals surface area contributed by atoms with E-state index in [0.29, 0.717) is 0 Å². The van der Waals surface area contributed by atoms with Crippen molar-refractivity contribution in [2.24, 2.45) is 0 Å². The first-order valence-corrected chi connectivity index (χ1v) is 41.9. The predicted molar refractivity (Wildman–Crippen MR) is 510 cm³/mol. The van der Waals surface area contributed by atoms with Gasteiger partial charge in [0.2, 0.25) is 0 Å². The summed E-state index contributed by atoms with van der Waals surface area (Å²) in [5.41, 5.74) is 36.6. The van der Waals surface area contributed by atoms with Crippen molar-refractivity contribution in [2.45, 2.75) is 0 Å². The van der Waals surface area contributed by atoms with Crippen LogP contribution in [0.25, 0.3) is 233 Å². The van der Waals surface area contributed by atoms with Crippen LogP contribution in [0, 0.1) is 0 Å². The van der Waals surface area contributed by atoms with Crippen LogP contribution < -0.4 is 0 Å². The molecule has 0 spiro atoms. The summed E-state index contributed by atoms with van der Waals surface area (Å²) in [6.45, 7) is 0. The summed E-state index contributed by atoms with van der Waals surface area (Å²) < 4.78 is 9.41. The van der Waals surface area contributed by atoms with Crippen molar-refractivity contribution >= 4 is 87.5 Å². The van der Waals surface area contributed by atoms with Gasteiger partial charge in [-0.25, -0.2) is 9.97 Å². The minimum atomic E-state index is 0.869. The molecule has 0 aliphatic rings.